The molecule has 0 aliphatic carbocycles. The first kappa shape index (κ1) is 9.83. The molecule has 2 rings (SSSR count). The lowest BCUT2D eigenvalue weighted by atomic mass is 10.2. The number of hydrogen-bond acceptors (Lipinski definition) is 4. The number of nitrogens with zero attached hydrogens (tertiary/aromatic N) is 1. The summed E-state index contributed by atoms with van der Waals surface area (Å²) in [6.07, 6.45) is 1.65. The first-order chi connectivity index (χ1) is 7.40. The van der Waals surface area contributed by atoms with Gasteiger partial charge in [-0.1, -0.05) is 5.16 Å². The molecule has 4 heteroatoms. The minimum absolute atomic E-state index is 0.570. The highest BCUT2D eigenvalue weighted by Crippen LogP contribution is 2.30. The highest BCUT2D eigenvalue weighted by molar-refractivity contribution is 5.80. The van der Waals surface area contributed by atoms with Crippen molar-refractivity contribution in [1.29, 1.82) is 0 Å². The van der Waals surface area contributed by atoms with E-state index in [2.05, 4.69) is 5.16 Å². The van der Waals surface area contributed by atoms with E-state index < -0.39 is 0 Å². The molecule has 0 saturated heterocycles. The number of rotatable bonds is 3. The zero-order chi connectivity index (χ0) is 10.5. The van der Waals surface area contributed by atoms with Crippen molar-refractivity contribution in [2.24, 2.45) is 5.16 Å². The Morgan fingerprint density at radius 3 is 2.93 bits per heavy atom. The van der Waals surface area contributed by atoms with Crippen LogP contribution in [0.4, 0.5) is 0 Å². The van der Waals surface area contributed by atoms with Crippen LogP contribution in [-0.2, 0) is 4.84 Å². The molecule has 0 fully saturated rings. The molecule has 1 heterocycles. The Balaban J connectivity index is 2.13. The van der Waals surface area contributed by atoms with Gasteiger partial charge in [0.15, 0.2) is 11.5 Å². The molecule has 0 amide bonds. The van der Waals surface area contributed by atoms with E-state index in [0.717, 1.165) is 17.1 Å². The third-order valence-corrected chi connectivity index (χ3v) is 1.97. The molecular formula is C11H13NO3. The van der Waals surface area contributed by atoms with Crippen molar-refractivity contribution in [2.45, 2.75) is 6.92 Å². The maximum atomic E-state index is 5.44. The topological polar surface area (TPSA) is 40.0 Å². The van der Waals surface area contributed by atoms with Gasteiger partial charge >= 0.3 is 0 Å². The van der Waals surface area contributed by atoms with Crippen LogP contribution in [0, 0.1) is 0 Å². The molecule has 4 nitrogen and oxygen atoms in total. The Bertz CT molecular complexity index is 363. The maximum absolute atomic E-state index is 5.44. The Labute approximate surface area is 88.4 Å². The summed E-state index contributed by atoms with van der Waals surface area (Å²) < 4.78 is 10.8. The van der Waals surface area contributed by atoms with Crippen molar-refractivity contribution >= 4 is 6.21 Å². The predicted molar refractivity (Wildman–Crippen MR) is 56.7 cm³/mol. The average molecular weight is 207 g/mol. The van der Waals surface area contributed by atoms with Crippen LogP contribution in [0.1, 0.15) is 12.5 Å². The van der Waals surface area contributed by atoms with Gasteiger partial charge in [-0.05, 0) is 25.1 Å². The first-order valence-corrected chi connectivity index (χ1v) is 4.95. The number of fused-ring (bicyclic) bond motifs is 1. The van der Waals surface area contributed by atoms with Crippen LogP contribution in [0.2, 0.25) is 0 Å². The second kappa shape index (κ2) is 4.68. The molecule has 1 aromatic carbocycles. The molecule has 0 N–H and O–H groups in total. The van der Waals surface area contributed by atoms with Gasteiger partial charge in [0.1, 0.15) is 19.8 Å². The predicted octanol–water partition coefficient (Wildman–Crippen LogP) is 1.83. The molecule has 80 valence electrons. The highest BCUT2D eigenvalue weighted by Gasteiger charge is 2.10. The van der Waals surface area contributed by atoms with E-state index in [0.29, 0.717) is 19.8 Å². The lowest BCUT2D eigenvalue weighted by Gasteiger charge is -2.18. The molecular weight excluding hydrogens is 194 g/mol. The fourth-order valence-electron chi connectivity index (χ4n) is 1.31. The molecule has 1 aliphatic heterocycles. The molecule has 0 atom stereocenters. The standard InChI is InChI=1S/C11H13NO3/c1-2-15-12-8-9-3-4-10-11(7-9)14-6-5-13-10/h3-4,7-8H,2,5-6H2,1H3. The first-order valence-electron chi connectivity index (χ1n) is 4.95. The normalized spacial score (nSPS) is 14.2. The summed E-state index contributed by atoms with van der Waals surface area (Å²) in [5, 5.41) is 3.79. The zero-order valence-corrected chi connectivity index (χ0v) is 8.60. The van der Waals surface area contributed by atoms with Crippen molar-refractivity contribution in [2.75, 3.05) is 19.8 Å². The minimum atomic E-state index is 0.570. The van der Waals surface area contributed by atoms with Crippen LogP contribution >= 0.6 is 0 Å². The van der Waals surface area contributed by atoms with E-state index in [-0.39, 0.29) is 0 Å². The van der Waals surface area contributed by atoms with Gasteiger partial charge in [-0.3, -0.25) is 0 Å². The van der Waals surface area contributed by atoms with E-state index in [1.807, 2.05) is 25.1 Å². The molecule has 0 aromatic heterocycles. The minimum Gasteiger partial charge on any atom is -0.486 e. The van der Waals surface area contributed by atoms with Gasteiger partial charge in [0.2, 0.25) is 0 Å². The molecule has 0 unspecified atom stereocenters. The molecule has 15 heavy (non-hydrogen) atoms. The molecule has 1 aliphatic rings. The fraction of sp³-hybridized carbons (Fsp3) is 0.364. The summed E-state index contributed by atoms with van der Waals surface area (Å²) in [5.74, 6) is 1.55. The smallest absolute Gasteiger partial charge is 0.162 e. The number of oxime groups is 1. The number of hydrogen-bond donors (Lipinski definition) is 0. The summed E-state index contributed by atoms with van der Waals surface area (Å²) in [6, 6.07) is 5.68. The van der Waals surface area contributed by atoms with Crippen molar-refractivity contribution < 1.29 is 14.3 Å². The lowest BCUT2D eigenvalue weighted by molar-refractivity contribution is 0.160. The monoisotopic (exact) mass is 207 g/mol. The van der Waals surface area contributed by atoms with E-state index >= 15 is 0 Å². The van der Waals surface area contributed by atoms with Gasteiger partial charge in [-0.2, -0.15) is 0 Å². The number of ether oxygens (including phenoxy) is 2. The summed E-state index contributed by atoms with van der Waals surface area (Å²) >= 11 is 0. The maximum Gasteiger partial charge on any atom is 0.162 e. The lowest BCUT2D eigenvalue weighted by Crippen LogP contribution is -2.15. The third-order valence-electron chi connectivity index (χ3n) is 1.97. The van der Waals surface area contributed by atoms with Gasteiger partial charge in [-0.15, -0.1) is 0 Å². The molecule has 1 aromatic rings. The van der Waals surface area contributed by atoms with Crippen molar-refractivity contribution in [3.63, 3.8) is 0 Å². The molecule has 0 bridgehead atoms. The van der Waals surface area contributed by atoms with Crippen LogP contribution < -0.4 is 9.47 Å². The largest absolute Gasteiger partial charge is 0.486 e. The van der Waals surface area contributed by atoms with E-state index in [1.54, 1.807) is 6.21 Å². The van der Waals surface area contributed by atoms with Crippen LogP contribution in [0.15, 0.2) is 23.4 Å². The van der Waals surface area contributed by atoms with Crippen LogP contribution in [0.5, 0.6) is 11.5 Å². The van der Waals surface area contributed by atoms with Crippen LogP contribution in [0.3, 0.4) is 0 Å². The Morgan fingerprint density at radius 1 is 1.33 bits per heavy atom. The van der Waals surface area contributed by atoms with Gasteiger partial charge in [0.05, 0.1) is 6.21 Å². The van der Waals surface area contributed by atoms with Gasteiger partial charge in [-0.25, -0.2) is 0 Å². The van der Waals surface area contributed by atoms with E-state index in [9.17, 15) is 0 Å². The molecule has 0 radical (unpaired) electrons. The summed E-state index contributed by atoms with van der Waals surface area (Å²) in [7, 11) is 0. The SMILES string of the molecule is CCON=Cc1ccc2c(c1)OCCO2. The molecule has 0 spiro atoms. The second-order valence-corrected chi connectivity index (χ2v) is 3.06. The Morgan fingerprint density at radius 2 is 2.13 bits per heavy atom. The van der Waals surface area contributed by atoms with Crippen molar-refractivity contribution in [3.05, 3.63) is 23.8 Å². The Hall–Kier alpha value is -1.71. The van der Waals surface area contributed by atoms with E-state index in [4.69, 9.17) is 14.3 Å². The van der Waals surface area contributed by atoms with Gasteiger partial charge < -0.3 is 14.3 Å². The quantitative estimate of drug-likeness (QED) is 0.560. The molecule has 0 saturated carbocycles. The second-order valence-electron chi connectivity index (χ2n) is 3.06. The zero-order valence-electron chi connectivity index (χ0n) is 8.60. The van der Waals surface area contributed by atoms with Gasteiger partial charge in [0.25, 0.3) is 0 Å². The fourth-order valence-corrected chi connectivity index (χ4v) is 1.31. The van der Waals surface area contributed by atoms with Crippen molar-refractivity contribution in [1.82, 2.24) is 0 Å². The van der Waals surface area contributed by atoms with Crippen LogP contribution in [0.25, 0.3) is 0 Å². The summed E-state index contributed by atoms with van der Waals surface area (Å²) in [6.45, 7) is 3.67. The number of benzene rings is 1. The highest BCUT2D eigenvalue weighted by atomic mass is 16.6. The van der Waals surface area contributed by atoms with Crippen LogP contribution in [-0.4, -0.2) is 26.0 Å². The summed E-state index contributed by atoms with van der Waals surface area (Å²) in [4.78, 5) is 4.88. The summed E-state index contributed by atoms with van der Waals surface area (Å²) in [5.41, 5.74) is 0.938. The van der Waals surface area contributed by atoms with Gasteiger partial charge in [0, 0.05) is 5.56 Å². The van der Waals surface area contributed by atoms with Crippen molar-refractivity contribution in [3.8, 4) is 11.5 Å². The Kier molecular flexibility index (Phi) is 3.07. The van der Waals surface area contributed by atoms with E-state index in [1.165, 1.54) is 0 Å². The average Bonchev–Trinajstić information content (AvgIpc) is 2.29. The third kappa shape index (κ3) is 2.40.